The molecule has 170 valence electrons. The van der Waals surface area contributed by atoms with Crippen LogP contribution in [0.4, 0.5) is 0 Å². The van der Waals surface area contributed by atoms with Crippen LogP contribution in [0.2, 0.25) is 0 Å². The third-order valence-electron chi connectivity index (χ3n) is 5.51. The van der Waals surface area contributed by atoms with Crippen LogP contribution in [0.5, 0.6) is 0 Å². The van der Waals surface area contributed by atoms with Crippen LogP contribution in [0.15, 0.2) is 42.5 Å². The molecular formula is C27H47N2O+. The van der Waals surface area contributed by atoms with E-state index >= 15 is 0 Å². The number of rotatable bonds is 18. The molecule has 3 heteroatoms. The van der Waals surface area contributed by atoms with E-state index in [1.165, 1.54) is 76.2 Å². The van der Waals surface area contributed by atoms with Gasteiger partial charge in [0.2, 0.25) is 0 Å². The molecule has 0 saturated carbocycles. The number of amides is 1. The Kier molecular flexibility index (Phi) is 15.1. The van der Waals surface area contributed by atoms with Gasteiger partial charge in [-0.05, 0) is 32.1 Å². The summed E-state index contributed by atoms with van der Waals surface area (Å²) >= 11 is 0. The minimum absolute atomic E-state index is 0.161. The number of benzene rings is 1. The van der Waals surface area contributed by atoms with Crippen molar-refractivity contribution in [2.45, 2.75) is 103 Å². The van der Waals surface area contributed by atoms with E-state index in [0.29, 0.717) is 11.0 Å². The molecule has 0 fully saturated rings. The predicted molar refractivity (Wildman–Crippen MR) is 130 cm³/mol. The maximum Gasteiger partial charge on any atom is 0.264 e. The summed E-state index contributed by atoms with van der Waals surface area (Å²) in [5.41, 5.74) is 4.38. The third-order valence-corrected chi connectivity index (χ3v) is 5.51. The summed E-state index contributed by atoms with van der Waals surface area (Å²) in [6, 6.07) is 10.3. The van der Waals surface area contributed by atoms with Gasteiger partial charge in [-0.25, -0.2) is 10.0 Å². The van der Waals surface area contributed by atoms with Gasteiger partial charge in [0.05, 0.1) is 14.1 Å². The number of carbonyl (C=O) groups excluding carboxylic acids is 1. The van der Waals surface area contributed by atoms with Crippen LogP contribution in [0.1, 0.15) is 102 Å². The minimum atomic E-state index is 0.161. The van der Waals surface area contributed by atoms with Gasteiger partial charge in [-0.2, -0.15) is 0 Å². The van der Waals surface area contributed by atoms with Crippen molar-refractivity contribution < 1.29 is 9.39 Å². The van der Waals surface area contributed by atoms with Crippen LogP contribution in [-0.4, -0.2) is 24.6 Å². The highest BCUT2D eigenvalue weighted by molar-refractivity contribution is 5.74. The first kappa shape index (κ1) is 26.4. The van der Waals surface area contributed by atoms with E-state index in [2.05, 4.69) is 36.6 Å². The van der Waals surface area contributed by atoms with E-state index in [1.54, 1.807) is 0 Å². The van der Waals surface area contributed by atoms with Gasteiger partial charge in [0.1, 0.15) is 6.54 Å². The second-order valence-electron chi connectivity index (χ2n) is 9.20. The molecule has 0 aliphatic rings. The Labute approximate surface area is 186 Å². The van der Waals surface area contributed by atoms with E-state index in [4.69, 9.17) is 0 Å². The van der Waals surface area contributed by atoms with Crippen LogP contribution >= 0.6 is 0 Å². The normalized spacial score (nSPS) is 11.8. The molecule has 0 unspecified atom stereocenters. The lowest BCUT2D eigenvalue weighted by Crippen LogP contribution is -2.53. The van der Waals surface area contributed by atoms with E-state index < -0.39 is 0 Å². The fraction of sp³-hybridized carbons (Fsp3) is 0.667. The van der Waals surface area contributed by atoms with Gasteiger partial charge in [0, 0.05) is 12.0 Å². The molecule has 0 aromatic heterocycles. The number of nitrogens with zero attached hydrogens (tertiary/aromatic N) is 1. The van der Waals surface area contributed by atoms with Crippen LogP contribution < -0.4 is 5.43 Å². The molecule has 0 aliphatic heterocycles. The Morgan fingerprint density at radius 3 is 1.93 bits per heavy atom. The fourth-order valence-electron chi connectivity index (χ4n) is 3.83. The summed E-state index contributed by atoms with van der Waals surface area (Å²) in [4.78, 5) is 12.2. The van der Waals surface area contributed by atoms with Crippen molar-refractivity contribution in [2.24, 2.45) is 0 Å². The first-order valence-corrected chi connectivity index (χ1v) is 12.4. The van der Waals surface area contributed by atoms with Crippen molar-refractivity contribution in [3.8, 4) is 0 Å². The highest BCUT2D eigenvalue weighted by Crippen LogP contribution is 2.11. The molecule has 0 bridgehead atoms. The Balaban J connectivity index is 1.94. The van der Waals surface area contributed by atoms with Crippen molar-refractivity contribution in [3.05, 3.63) is 48.0 Å². The second-order valence-corrected chi connectivity index (χ2v) is 9.20. The Morgan fingerprint density at radius 1 is 0.800 bits per heavy atom. The minimum Gasteiger partial charge on any atom is -0.270 e. The zero-order valence-electron chi connectivity index (χ0n) is 20.0. The lowest BCUT2D eigenvalue weighted by molar-refractivity contribution is -0.938. The largest absolute Gasteiger partial charge is 0.270 e. The maximum atomic E-state index is 12.2. The molecule has 3 nitrogen and oxygen atoms in total. The fourth-order valence-corrected chi connectivity index (χ4v) is 3.83. The molecule has 1 aromatic carbocycles. The second kappa shape index (κ2) is 17.1. The summed E-state index contributed by atoms with van der Waals surface area (Å²) in [6.45, 7) is 3.08. The Morgan fingerprint density at radius 2 is 1.33 bits per heavy atom. The third kappa shape index (κ3) is 15.3. The highest BCUT2D eigenvalue weighted by Gasteiger charge is 2.19. The van der Waals surface area contributed by atoms with E-state index in [1.807, 2.05) is 32.3 Å². The number of hydrogen-bond acceptors (Lipinski definition) is 1. The first-order valence-electron chi connectivity index (χ1n) is 12.4. The van der Waals surface area contributed by atoms with E-state index in [0.717, 1.165) is 19.4 Å². The average molecular weight is 416 g/mol. The number of hydrogen-bond donors (Lipinski definition) is 1. The molecule has 1 rings (SSSR count). The summed E-state index contributed by atoms with van der Waals surface area (Å²) in [7, 11) is 4.09. The SMILES string of the molecule is CCCCCCCC/C=C\CCCCCCCC(=O)N[N+](C)(C)Cc1ccccc1. The zero-order valence-corrected chi connectivity index (χ0v) is 20.0. The van der Waals surface area contributed by atoms with Gasteiger partial charge in [-0.15, -0.1) is 0 Å². The lowest BCUT2D eigenvalue weighted by Gasteiger charge is -2.29. The molecule has 0 saturated heterocycles. The predicted octanol–water partition coefficient (Wildman–Crippen LogP) is 7.33. The van der Waals surface area contributed by atoms with E-state index in [9.17, 15) is 4.79 Å². The molecular weight excluding hydrogens is 368 g/mol. The van der Waals surface area contributed by atoms with Gasteiger partial charge in [0.25, 0.3) is 5.91 Å². The van der Waals surface area contributed by atoms with Crippen molar-refractivity contribution >= 4 is 5.91 Å². The van der Waals surface area contributed by atoms with Crippen molar-refractivity contribution in [2.75, 3.05) is 14.1 Å². The molecule has 0 heterocycles. The average Bonchev–Trinajstić information content (AvgIpc) is 2.71. The molecule has 0 aliphatic carbocycles. The summed E-state index contributed by atoms with van der Waals surface area (Å²) in [5.74, 6) is 0.161. The summed E-state index contributed by atoms with van der Waals surface area (Å²) in [5, 5.41) is 0. The van der Waals surface area contributed by atoms with Crippen LogP contribution in [-0.2, 0) is 11.3 Å². The molecule has 1 amide bonds. The smallest absolute Gasteiger partial charge is 0.264 e. The van der Waals surface area contributed by atoms with Crippen molar-refractivity contribution in [1.82, 2.24) is 5.43 Å². The van der Waals surface area contributed by atoms with Gasteiger partial charge >= 0.3 is 0 Å². The summed E-state index contributed by atoms with van der Waals surface area (Å²) in [6.07, 6.45) is 22.1. The van der Waals surface area contributed by atoms with Crippen LogP contribution in [0, 0.1) is 0 Å². The topological polar surface area (TPSA) is 29.1 Å². The number of allylic oxidation sites excluding steroid dienone is 2. The number of unbranched alkanes of at least 4 members (excludes halogenated alkanes) is 11. The molecule has 0 atom stereocenters. The van der Waals surface area contributed by atoms with Gasteiger partial charge in [-0.1, -0.05) is 101 Å². The van der Waals surface area contributed by atoms with Crippen molar-refractivity contribution in [3.63, 3.8) is 0 Å². The van der Waals surface area contributed by atoms with Crippen molar-refractivity contribution in [1.29, 1.82) is 0 Å². The van der Waals surface area contributed by atoms with Crippen LogP contribution in [0.25, 0.3) is 0 Å². The van der Waals surface area contributed by atoms with Gasteiger partial charge < -0.3 is 0 Å². The first-order chi connectivity index (χ1) is 14.5. The standard InChI is InChI=1S/C27H46N2O/c1-4-5-6-7-8-9-10-11-12-13-14-15-16-17-21-24-27(30)28-29(2,3)25-26-22-19-18-20-23-26/h11-12,18-20,22-23H,4-10,13-17,21,24-25H2,1-3H3/p+1/b12-11-. The Bertz CT molecular complexity index is 565. The zero-order chi connectivity index (χ0) is 21.9. The maximum absolute atomic E-state index is 12.2. The number of quaternary nitrogens is 1. The summed E-state index contributed by atoms with van der Waals surface area (Å²) < 4.78 is 0.494. The molecule has 1 aromatic rings. The van der Waals surface area contributed by atoms with Crippen LogP contribution in [0.3, 0.4) is 0 Å². The van der Waals surface area contributed by atoms with Gasteiger partial charge in [-0.3, -0.25) is 4.79 Å². The molecule has 1 N–H and O–H groups in total. The van der Waals surface area contributed by atoms with Gasteiger partial charge in [0.15, 0.2) is 0 Å². The molecule has 0 spiro atoms. The highest BCUT2D eigenvalue weighted by atomic mass is 16.2. The lowest BCUT2D eigenvalue weighted by atomic mass is 10.1. The molecule has 30 heavy (non-hydrogen) atoms. The quantitative estimate of drug-likeness (QED) is 0.116. The number of nitrogens with one attached hydrogen (secondary N) is 1. The number of carbonyl (C=O) groups is 1. The van der Waals surface area contributed by atoms with E-state index in [-0.39, 0.29) is 5.91 Å². The Hall–Kier alpha value is -1.61. The monoisotopic (exact) mass is 415 g/mol. The molecule has 0 radical (unpaired) electrons.